The average molecular weight is 318 g/mol. The highest BCUT2D eigenvalue weighted by Crippen LogP contribution is 2.39. The zero-order valence-corrected chi connectivity index (χ0v) is 13.5. The summed E-state index contributed by atoms with van der Waals surface area (Å²) in [5.74, 6) is 1.68. The van der Waals surface area contributed by atoms with Crippen molar-refractivity contribution in [1.29, 1.82) is 0 Å². The van der Waals surface area contributed by atoms with E-state index >= 15 is 0 Å². The molecule has 0 unspecified atom stereocenters. The summed E-state index contributed by atoms with van der Waals surface area (Å²) in [6.07, 6.45) is 0. The molecule has 8 heteroatoms. The summed E-state index contributed by atoms with van der Waals surface area (Å²) in [6.45, 7) is 0.795. The second-order valence-corrected chi connectivity index (χ2v) is 6.24. The van der Waals surface area contributed by atoms with Gasteiger partial charge in [0.25, 0.3) is 0 Å². The number of methoxy groups -OCH3 is 3. The molecule has 0 fully saturated rings. The molecule has 0 amide bonds. The quantitative estimate of drug-likeness (QED) is 0.639. The molecular weight excluding hydrogens is 296 g/mol. The van der Waals surface area contributed by atoms with Crippen molar-refractivity contribution >= 4 is 10.0 Å². The van der Waals surface area contributed by atoms with E-state index in [0.29, 0.717) is 30.3 Å². The topological polar surface area (TPSA) is 85.9 Å². The molecule has 0 bridgehead atoms. The van der Waals surface area contributed by atoms with E-state index in [0.717, 1.165) is 5.56 Å². The molecule has 0 heterocycles. The fourth-order valence-corrected chi connectivity index (χ4v) is 2.45. The standard InChI is InChI=1S/C13H22N2O5S/c1-14-21(16,17)8-7-15-9-10-5-6-11(18-2)13(20-4)12(10)19-3/h5-6,14-15H,7-9H2,1-4H3. The molecule has 1 aromatic rings. The number of hydrogen-bond donors (Lipinski definition) is 2. The van der Waals surface area contributed by atoms with Gasteiger partial charge in [0.05, 0.1) is 27.1 Å². The second kappa shape index (κ2) is 8.06. The number of sulfonamides is 1. The Balaban J connectivity index is 2.76. The Morgan fingerprint density at radius 1 is 1.05 bits per heavy atom. The predicted molar refractivity (Wildman–Crippen MR) is 80.7 cm³/mol. The minimum absolute atomic E-state index is 0.0130. The zero-order valence-electron chi connectivity index (χ0n) is 12.7. The van der Waals surface area contributed by atoms with E-state index < -0.39 is 10.0 Å². The maximum absolute atomic E-state index is 11.3. The Labute approximate surface area is 125 Å². The van der Waals surface area contributed by atoms with Crippen LogP contribution < -0.4 is 24.2 Å². The molecule has 1 rings (SSSR count). The van der Waals surface area contributed by atoms with Crippen molar-refractivity contribution < 1.29 is 22.6 Å². The highest BCUT2D eigenvalue weighted by atomic mass is 32.2. The molecule has 2 N–H and O–H groups in total. The van der Waals surface area contributed by atoms with E-state index in [4.69, 9.17) is 14.2 Å². The first-order chi connectivity index (χ1) is 9.99. The van der Waals surface area contributed by atoms with Crippen LogP contribution in [-0.2, 0) is 16.6 Å². The average Bonchev–Trinajstić information content (AvgIpc) is 2.50. The third kappa shape index (κ3) is 4.76. The highest BCUT2D eigenvalue weighted by Gasteiger charge is 2.15. The number of nitrogens with one attached hydrogen (secondary N) is 2. The minimum atomic E-state index is -3.20. The Bertz CT molecular complexity index is 560. The summed E-state index contributed by atoms with van der Waals surface area (Å²) in [5, 5.41) is 3.06. The third-order valence-electron chi connectivity index (χ3n) is 2.96. The summed E-state index contributed by atoms with van der Waals surface area (Å²) in [4.78, 5) is 0. The Morgan fingerprint density at radius 2 is 1.71 bits per heavy atom. The largest absolute Gasteiger partial charge is 0.493 e. The minimum Gasteiger partial charge on any atom is -0.493 e. The predicted octanol–water partition coefficient (Wildman–Crippen LogP) is 0.351. The summed E-state index contributed by atoms with van der Waals surface area (Å²) in [6, 6.07) is 3.63. The van der Waals surface area contributed by atoms with Gasteiger partial charge in [-0.1, -0.05) is 6.07 Å². The normalized spacial score (nSPS) is 11.2. The van der Waals surface area contributed by atoms with Gasteiger partial charge in [0.15, 0.2) is 11.5 Å². The number of hydrogen-bond acceptors (Lipinski definition) is 6. The first kappa shape index (κ1) is 17.5. The van der Waals surface area contributed by atoms with Crippen LogP contribution in [0.25, 0.3) is 0 Å². The van der Waals surface area contributed by atoms with Crippen molar-refractivity contribution in [2.24, 2.45) is 0 Å². The van der Waals surface area contributed by atoms with Crippen molar-refractivity contribution in [3.63, 3.8) is 0 Å². The molecule has 0 aromatic heterocycles. The lowest BCUT2D eigenvalue weighted by atomic mass is 10.1. The van der Waals surface area contributed by atoms with Crippen LogP contribution in [0.1, 0.15) is 5.56 Å². The molecule has 0 saturated heterocycles. The molecule has 0 atom stereocenters. The zero-order chi connectivity index (χ0) is 15.9. The molecule has 0 radical (unpaired) electrons. The van der Waals surface area contributed by atoms with E-state index in [1.807, 2.05) is 6.07 Å². The molecular formula is C13H22N2O5S. The van der Waals surface area contributed by atoms with Crippen LogP contribution >= 0.6 is 0 Å². The fourth-order valence-electron chi connectivity index (χ4n) is 1.83. The SMILES string of the molecule is CNS(=O)(=O)CCNCc1ccc(OC)c(OC)c1OC. The monoisotopic (exact) mass is 318 g/mol. The van der Waals surface area contributed by atoms with Crippen molar-refractivity contribution in [2.75, 3.05) is 40.7 Å². The van der Waals surface area contributed by atoms with Crippen LogP contribution in [0.4, 0.5) is 0 Å². The molecule has 21 heavy (non-hydrogen) atoms. The van der Waals surface area contributed by atoms with Crippen LogP contribution in [0.2, 0.25) is 0 Å². The lowest BCUT2D eigenvalue weighted by Crippen LogP contribution is -2.29. The Hall–Kier alpha value is -1.51. The molecule has 0 aliphatic rings. The van der Waals surface area contributed by atoms with E-state index in [2.05, 4.69) is 10.0 Å². The molecule has 0 spiro atoms. The first-order valence-corrected chi connectivity index (χ1v) is 8.04. The van der Waals surface area contributed by atoms with Crippen molar-refractivity contribution in [2.45, 2.75) is 6.54 Å². The van der Waals surface area contributed by atoms with Gasteiger partial charge in [-0.2, -0.15) is 0 Å². The molecule has 0 aliphatic carbocycles. The Kier molecular flexibility index (Phi) is 6.73. The van der Waals surface area contributed by atoms with Gasteiger partial charge < -0.3 is 19.5 Å². The summed E-state index contributed by atoms with van der Waals surface area (Å²) >= 11 is 0. The van der Waals surface area contributed by atoms with Crippen molar-refractivity contribution in [3.8, 4) is 17.2 Å². The van der Waals surface area contributed by atoms with E-state index in [1.54, 1.807) is 20.3 Å². The van der Waals surface area contributed by atoms with Crippen LogP contribution in [0.15, 0.2) is 12.1 Å². The number of ether oxygens (including phenoxy) is 3. The van der Waals surface area contributed by atoms with E-state index in [9.17, 15) is 8.42 Å². The maximum Gasteiger partial charge on any atom is 0.212 e. The summed E-state index contributed by atoms with van der Waals surface area (Å²) in [7, 11) is 2.83. The van der Waals surface area contributed by atoms with Crippen molar-refractivity contribution in [1.82, 2.24) is 10.0 Å². The van der Waals surface area contributed by atoms with Gasteiger partial charge >= 0.3 is 0 Å². The van der Waals surface area contributed by atoms with Gasteiger partial charge in [-0.3, -0.25) is 0 Å². The lowest BCUT2D eigenvalue weighted by molar-refractivity contribution is 0.321. The molecule has 0 saturated carbocycles. The van der Waals surface area contributed by atoms with Gasteiger partial charge in [0.1, 0.15) is 0 Å². The first-order valence-electron chi connectivity index (χ1n) is 6.38. The summed E-state index contributed by atoms with van der Waals surface area (Å²) < 4.78 is 40.7. The van der Waals surface area contributed by atoms with Gasteiger partial charge in [-0.25, -0.2) is 13.1 Å². The van der Waals surface area contributed by atoms with Gasteiger partial charge in [-0.15, -0.1) is 0 Å². The van der Waals surface area contributed by atoms with E-state index in [-0.39, 0.29) is 5.75 Å². The molecule has 7 nitrogen and oxygen atoms in total. The van der Waals surface area contributed by atoms with Crippen LogP contribution in [-0.4, -0.2) is 49.1 Å². The fraction of sp³-hybridized carbons (Fsp3) is 0.538. The van der Waals surface area contributed by atoms with Crippen LogP contribution in [0.5, 0.6) is 17.2 Å². The molecule has 120 valence electrons. The smallest absolute Gasteiger partial charge is 0.212 e. The highest BCUT2D eigenvalue weighted by molar-refractivity contribution is 7.89. The number of benzene rings is 1. The van der Waals surface area contributed by atoms with Gasteiger partial charge in [0.2, 0.25) is 15.8 Å². The lowest BCUT2D eigenvalue weighted by Gasteiger charge is -2.16. The molecule has 1 aromatic carbocycles. The van der Waals surface area contributed by atoms with Crippen molar-refractivity contribution in [3.05, 3.63) is 17.7 Å². The van der Waals surface area contributed by atoms with Gasteiger partial charge in [-0.05, 0) is 13.1 Å². The Morgan fingerprint density at radius 3 is 2.24 bits per heavy atom. The third-order valence-corrected chi connectivity index (χ3v) is 4.32. The van der Waals surface area contributed by atoms with Crippen LogP contribution in [0, 0.1) is 0 Å². The van der Waals surface area contributed by atoms with Gasteiger partial charge in [0, 0.05) is 18.7 Å². The van der Waals surface area contributed by atoms with E-state index in [1.165, 1.54) is 14.2 Å². The summed E-state index contributed by atoms with van der Waals surface area (Å²) in [5.41, 5.74) is 0.858. The maximum atomic E-state index is 11.3. The van der Waals surface area contributed by atoms with Crippen LogP contribution in [0.3, 0.4) is 0 Å². The second-order valence-electron chi connectivity index (χ2n) is 4.19. The number of rotatable bonds is 9. The molecule has 0 aliphatic heterocycles.